The number of carbonyl (C=O) groups is 2. The standard InChI is InChI=1S/C14H20N2O3S/c1-2-14(12(17)18)4-6-16(7-5-14)13(19)15-9-11-3-8-20-10-11/h3,8,10H,2,4-7,9H2,1H3,(H,15,19)(H,17,18). The molecule has 0 unspecified atom stereocenters. The zero-order chi connectivity index (χ0) is 14.6. The summed E-state index contributed by atoms with van der Waals surface area (Å²) in [5.74, 6) is -0.738. The zero-order valence-corrected chi connectivity index (χ0v) is 12.4. The normalized spacial score (nSPS) is 17.8. The molecule has 0 aliphatic carbocycles. The summed E-state index contributed by atoms with van der Waals surface area (Å²) in [4.78, 5) is 25.1. The van der Waals surface area contributed by atoms with E-state index < -0.39 is 11.4 Å². The number of thiophene rings is 1. The first-order valence-electron chi connectivity index (χ1n) is 6.84. The Hall–Kier alpha value is -1.56. The third kappa shape index (κ3) is 3.12. The number of rotatable bonds is 4. The Kier molecular flexibility index (Phi) is 4.65. The number of carboxylic acids is 1. The maximum absolute atomic E-state index is 12.0. The van der Waals surface area contributed by atoms with Gasteiger partial charge in [0.2, 0.25) is 0 Å². The number of carbonyl (C=O) groups excluding carboxylic acids is 1. The lowest BCUT2D eigenvalue weighted by molar-refractivity contribution is -0.151. The number of nitrogens with zero attached hydrogens (tertiary/aromatic N) is 1. The lowest BCUT2D eigenvalue weighted by Gasteiger charge is -2.38. The molecule has 1 aliphatic heterocycles. The van der Waals surface area contributed by atoms with Crippen LogP contribution in [0, 0.1) is 5.41 Å². The Morgan fingerprint density at radius 1 is 1.45 bits per heavy atom. The van der Waals surface area contributed by atoms with E-state index in [-0.39, 0.29) is 6.03 Å². The third-order valence-corrected chi connectivity index (χ3v) is 4.89. The molecule has 1 aromatic rings. The minimum atomic E-state index is -0.738. The van der Waals surface area contributed by atoms with Crippen LogP contribution >= 0.6 is 11.3 Å². The van der Waals surface area contributed by atoms with E-state index in [4.69, 9.17) is 0 Å². The molecule has 0 atom stereocenters. The van der Waals surface area contributed by atoms with Crippen LogP contribution in [0.5, 0.6) is 0 Å². The molecule has 0 aromatic carbocycles. The van der Waals surface area contributed by atoms with Gasteiger partial charge in [0, 0.05) is 19.6 Å². The molecule has 1 saturated heterocycles. The largest absolute Gasteiger partial charge is 0.481 e. The molecule has 0 saturated carbocycles. The van der Waals surface area contributed by atoms with Crippen molar-refractivity contribution < 1.29 is 14.7 Å². The number of amides is 2. The highest BCUT2D eigenvalue weighted by atomic mass is 32.1. The van der Waals surface area contributed by atoms with Crippen LogP contribution in [0.15, 0.2) is 16.8 Å². The second-order valence-corrected chi connectivity index (χ2v) is 6.00. The van der Waals surface area contributed by atoms with Gasteiger partial charge in [0.15, 0.2) is 0 Å². The molecule has 0 bridgehead atoms. The first-order valence-corrected chi connectivity index (χ1v) is 7.79. The van der Waals surface area contributed by atoms with Crippen molar-refractivity contribution in [2.75, 3.05) is 13.1 Å². The van der Waals surface area contributed by atoms with Gasteiger partial charge >= 0.3 is 12.0 Å². The first kappa shape index (κ1) is 14.8. The summed E-state index contributed by atoms with van der Waals surface area (Å²) in [5.41, 5.74) is 0.443. The smallest absolute Gasteiger partial charge is 0.317 e. The first-order chi connectivity index (χ1) is 9.57. The SMILES string of the molecule is CCC1(C(=O)O)CCN(C(=O)NCc2ccsc2)CC1. The molecule has 2 amide bonds. The van der Waals surface area contributed by atoms with Crippen molar-refractivity contribution >= 4 is 23.3 Å². The van der Waals surface area contributed by atoms with E-state index >= 15 is 0 Å². The van der Waals surface area contributed by atoms with Crippen LogP contribution in [0.3, 0.4) is 0 Å². The molecule has 2 heterocycles. The lowest BCUT2D eigenvalue weighted by atomic mass is 9.76. The molecule has 5 nitrogen and oxygen atoms in total. The van der Waals surface area contributed by atoms with Gasteiger partial charge in [-0.1, -0.05) is 6.92 Å². The quantitative estimate of drug-likeness (QED) is 0.897. The summed E-state index contributed by atoms with van der Waals surface area (Å²) in [6, 6.07) is 1.87. The molecule has 2 N–H and O–H groups in total. The molecule has 1 aromatic heterocycles. The van der Waals surface area contributed by atoms with Gasteiger partial charge in [-0.05, 0) is 41.7 Å². The summed E-state index contributed by atoms with van der Waals surface area (Å²) in [6.45, 7) is 3.45. The Bertz CT molecular complexity index is 465. The van der Waals surface area contributed by atoms with Crippen LogP contribution in [0.4, 0.5) is 4.79 Å². The maximum atomic E-state index is 12.0. The Morgan fingerprint density at radius 2 is 2.15 bits per heavy atom. The van der Waals surface area contributed by atoms with Gasteiger partial charge in [-0.2, -0.15) is 11.3 Å². The lowest BCUT2D eigenvalue weighted by Crippen LogP contribution is -2.49. The van der Waals surface area contributed by atoms with E-state index in [9.17, 15) is 14.7 Å². The van der Waals surface area contributed by atoms with Crippen LogP contribution in [0.1, 0.15) is 31.7 Å². The van der Waals surface area contributed by atoms with Crippen LogP contribution in [0.2, 0.25) is 0 Å². The fraction of sp³-hybridized carbons (Fsp3) is 0.571. The van der Waals surface area contributed by atoms with Crippen molar-refractivity contribution in [1.29, 1.82) is 0 Å². The highest BCUT2D eigenvalue weighted by molar-refractivity contribution is 7.07. The van der Waals surface area contributed by atoms with Crippen LogP contribution in [-0.2, 0) is 11.3 Å². The monoisotopic (exact) mass is 296 g/mol. The molecular weight excluding hydrogens is 276 g/mol. The minimum absolute atomic E-state index is 0.105. The summed E-state index contributed by atoms with van der Waals surface area (Å²) in [7, 11) is 0. The van der Waals surface area contributed by atoms with Crippen molar-refractivity contribution in [1.82, 2.24) is 10.2 Å². The number of aliphatic carboxylic acids is 1. The third-order valence-electron chi connectivity index (χ3n) is 4.16. The number of urea groups is 1. The van der Waals surface area contributed by atoms with E-state index in [1.54, 1.807) is 16.2 Å². The van der Waals surface area contributed by atoms with E-state index in [2.05, 4.69) is 5.32 Å². The van der Waals surface area contributed by atoms with Crippen molar-refractivity contribution in [2.45, 2.75) is 32.7 Å². The van der Waals surface area contributed by atoms with Crippen molar-refractivity contribution in [3.05, 3.63) is 22.4 Å². The van der Waals surface area contributed by atoms with Gasteiger partial charge in [0.25, 0.3) is 0 Å². The van der Waals surface area contributed by atoms with Gasteiger partial charge in [0.1, 0.15) is 0 Å². The second-order valence-electron chi connectivity index (χ2n) is 5.22. The average Bonchev–Trinajstić information content (AvgIpc) is 2.98. The van der Waals surface area contributed by atoms with E-state index in [0.29, 0.717) is 38.9 Å². The average molecular weight is 296 g/mol. The molecular formula is C14H20N2O3S. The van der Waals surface area contributed by atoms with Gasteiger partial charge in [-0.15, -0.1) is 0 Å². The van der Waals surface area contributed by atoms with Crippen LogP contribution in [-0.4, -0.2) is 35.1 Å². The molecule has 1 aliphatic rings. The molecule has 110 valence electrons. The summed E-state index contributed by atoms with van der Waals surface area (Å²) in [6.07, 6.45) is 1.68. The summed E-state index contributed by atoms with van der Waals surface area (Å²) >= 11 is 1.60. The van der Waals surface area contributed by atoms with E-state index in [1.807, 2.05) is 23.8 Å². The number of nitrogens with one attached hydrogen (secondary N) is 1. The molecule has 1 fully saturated rings. The number of hydrogen-bond donors (Lipinski definition) is 2. The summed E-state index contributed by atoms with van der Waals surface area (Å²) < 4.78 is 0. The number of hydrogen-bond acceptors (Lipinski definition) is 3. The minimum Gasteiger partial charge on any atom is -0.481 e. The maximum Gasteiger partial charge on any atom is 0.317 e. The fourth-order valence-corrected chi connectivity index (χ4v) is 3.21. The topological polar surface area (TPSA) is 69.6 Å². The van der Waals surface area contributed by atoms with E-state index in [0.717, 1.165) is 5.56 Å². The van der Waals surface area contributed by atoms with Crippen LogP contribution < -0.4 is 5.32 Å². The summed E-state index contributed by atoms with van der Waals surface area (Å²) in [5, 5.41) is 16.2. The molecule has 2 rings (SSSR count). The Morgan fingerprint density at radius 3 is 2.65 bits per heavy atom. The van der Waals surface area contributed by atoms with E-state index in [1.165, 1.54) is 0 Å². The van der Waals surface area contributed by atoms with Crippen molar-refractivity contribution in [2.24, 2.45) is 5.41 Å². The predicted molar refractivity (Wildman–Crippen MR) is 77.7 cm³/mol. The number of carboxylic acid groups (broad SMARTS) is 1. The fourth-order valence-electron chi connectivity index (χ4n) is 2.54. The van der Waals surface area contributed by atoms with Gasteiger partial charge in [-0.25, -0.2) is 4.79 Å². The van der Waals surface area contributed by atoms with Gasteiger partial charge < -0.3 is 15.3 Å². The highest BCUT2D eigenvalue weighted by Gasteiger charge is 2.40. The number of likely N-dealkylation sites (tertiary alicyclic amines) is 1. The molecule has 6 heteroatoms. The van der Waals surface area contributed by atoms with Gasteiger partial charge in [-0.3, -0.25) is 4.79 Å². The number of piperidine rings is 1. The van der Waals surface area contributed by atoms with Crippen LogP contribution in [0.25, 0.3) is 0 Å². The second kappa shape index (κ2) is 6.26. The van der Waals surface area contributed by atoms with Crippen molar-refractivity contribution in [3.8, 4) is 0 Å². The molecule has 0 spiro atoms. The highest BCUT2D eigenvalue weighted by Crippen LogP contribution is 2.35. The van der Waals surface area contributed by atoms with Gasteiger partial charge in [0.05, 0.1) is 5.41 Å². The van der Waals surface area contributed by atoms with Crippen molar-refractivity contribution in [3.63, 3.8) is 0 Å². The predicted octanol–water partition coefficient (Wildman–Crippen LogP) is 2.53. The Labute approximate surface area is 122 Å². The molecule has 0 radical (unpaired) electrons. The molecule has 20 heavy (non-hydrogen) atoms. The Balaban J connectivity index is 1.84. The zero-order valence-electron chi connectivity index (χ0n) is 11.6.